The van der Waals surface area contributed by atoms with Crippen LogP contribution >= 0.6 is 0 Å². The first-order valence-corrected chi connectivity index (χ1v) is 3.94. The van der Waals surface area contributed by atoms with Crippen LogP contribution in [0.5, 0.6) is 0 Å². The van der Waals surface area contributed by atoms with Crippen LogP contribution in [0.1, 0.15) is 0 Å². The molecule has 11 heteroatoms. The number of hydrogen-bond donors (Lipinski definition) is 2. The summed E-state index contributed by atoms with van der Waals surface area (Å²) >= 11 is 0. The summed E-state index contributed by atoms with van der Waals surface area (Å²) in [5.74, 6) is 0. The van der Waals surface area contributed by atoms with Crippen molar-refractivity contribution in [2.75, 3.05) is 0 Å². The molecule has 0 heterocycles. The maximum atomic E-state index is 8.63. The van der Waals surface area contributed by atoms with Gasteiger partial charge in [-0.05, 0) is 0 Å². The molecule has 64 valence electrons. The van der Waals surface area contributed by atoms with Crippen LogP contribution in [0.2, 0.25) is 0 Å². The van der Waals surface area contributed by atoms with Crippen molar-refractivity contribution in [3.63, 3.8) is 0 Å². The molecule has 0 saturated carbocycles. The van der Waals surface area contributed by atoms with Gasteiger partial charge < -0.3 is 4.55 Å². The van der Waals surface area contributed by atoms with Gasteiger partial charge in [0.1, 0.15) is 0 Å². The van der Waals surface area contributed by atoms with Crippen LogP contribution < -0.4 is 43.5 Å². The Hall–Kier alpha value is 1.000. The summed E-state index contributed by atoms with van der Waals surface area (Å²) < 4.78 is 65.6. The third-order valence-corrected chi connectivity index (χ3v) is 0. The van der Waals surface area contributed by atoms with Gasteiger partial charge in [-0.3, -0.25) is 4.55 Å². The van der Waals surface area contributed by atoms with E-state index in [2.05, 4.69) is 0 Å². The van der Waals surface area contributed by atoms with Gasteiger partial charge in [0.05, 0.1) is 14.9 Å². The topological polar surface area (TPSA) is 167 Å². The zero-order valence-electron chi connectivity index (χ0n) is 5.13. The Labute approximate surface area is 86.1 Å². The minimum Gasteiger partial charge on any atom is -0.726 e. The van der Waals surface area contributed by atoms with E-state index in [1.165, 1.54) is 0 Å². The standard InChI is InChI=1S/ClHO4.Na.H2O4S/c2-1(3,4)5;;1-5(2,3)4/h(H,2,3,4,5);;(H2,1,2,3,4)/q;+1;/p-1. The van der Waals surface area contributed by atoms with Crippen LogP contribution in [0.15, 0.2) is 0 Å². The summed E-state index contributed by atoms with van der Waals surface area (Å²) in [6.45, 7) is 0. The van der Waals surface area contributed by atoms with Crippen molar-refractivity contribution in [1.29, 1.82) is 0 Å². The third-order valence-electron chi connectivity index (χ3n) is 0. The van der Waals surface area contributed by atoms with E-state index in [-0.39, 0.29) is 29.6 Å². The first-order chi connectivity index (χ1) is 4.00. The second-order valence-corrected chi connectivity index (χ2v) is 2.47. The molecular weight excluding hydrogens is 219 g/mol. The molecule has 11 heavy (non-hydrogen) atoms. The molecule has 0 spiro atoms. The third kappa shape index (κ3) is 891. The van der Waals surface area contributed by atoms with Gasteiger partial charge in [0.15, 0.2) is 0 Å². The van der Waals surface area contributed by atoms with Crippen LogP contribution in [0.4, 0.5) is 0 Å². The molecule has 0 aliphatic carbocycles. The molecule has 0 amide bonds. The van der Waals surface area contributed by atoms with E-state index in [9.17, 15) is 0 Å². The summed E-state index contributed by atoms with van der Waals surface area (Å²) in [5.41, 5.74) is 0. The molecule has 0 aromatic rings. The fourth-order valence-corrected chi connectivity index (χ4v) is 0. The van der Waals surface area contributed by atoms with Gasteiger partial charge in [-0.2, -0.15) is 14.0 Å². The second-order valence-electron chi connectivity index (χ2n) is 0.824. The molecular formula is H2ClNaO8S. The van der Waals surface area contributed by atoms with E-state index >= 15 is 0 Å². The van der Waals surface area contributed by atoms with Gasteiger partial charge in [0, 0.05) is 0 Å². The van der Waals surface area contributed by atoms with Crippen LogP contribution in [-0.4, -0.2) is 22.2 Å². The molecule has 2 N–H and O–H groups in total. The molecule has 0 unspecified atom stereocenters. The summed E-state index contributed by atoms with van der Waals surface area (Å²) in [4.78, 5) is 0. The van der Waals surface area contributed by atoms with E-state index in [0.29, 0.717) is 0 Å². The molecule has 0 aliphatic rings. The summed E-state index contributed by atoms with van der Waals surface area (Å²) in [6.07, 6.45) is 0. The van der Waals surface area contributed by atoms with Gasteiger partial charge in [-0.1, -0.05) is 0 Å². The van der Waals surface area contributed by atoms with Crippen molar-refractivity contribution in [3.8, 4) is 0 Å². The van der Waals surface area contributed by atoms with Crippen molar-refractivity contribution in [2.45, 2.75) is 0 Å². The number of halogens is 1. The second kappa shape index (κ2) is 6.51. The van der Waals surface area contributed by atoms with E-state index in [4.69, 9.17) is 36.2 Å². The monoisotopic (exact) mass is 220 g/mol. The van der Waals surface area contributed by atoms with Crippen LogP contribution in [-0.2, 0) is 10.4 Å². The zero-order chi connectivity index (χ0) is 9.00. The Morgan fingerprint density at radius 3 is 1.18 bits per heavy atom. The average molecular weight is 221 g/mol. The number of rotatable bonds is 0. The molecule has 0 fully saturated rings. The predicted octanol–water partition coefficient (Wildman–Crippen LogP) is -8.12. The van der Waals surface area contributed by atoms with Crippen molar-refractivity contribution in [2.24, 2.45) is 0 Å². The van der Waals surface area contributed by atoms with Gasteiger partial charge >= 0.3 is 29.6 Å². The molecule has 0 radical (unpaired) electrons. The Morgan fingerprint density at radius 2 is 1.18 bits per heavy atom. The Bertz CT molecular complexity index is 149. The molecule has 0 aromatic carbocycles. The fourth-order valence-electron chi connectivity index (χ4n) is 0. The first-order valence-electron chi connectivity index (χ1n) is 1.31. The van der Waals surface area contributed by atoms with Crippen LogP contribution in [0.3, 0.4) is 0 Å². The Morgan fingerprint density at radius 1 is 1.18 bits per heavy atom. The molecule has 8 nitrogen and oxygen atoms in total. The molecule has 0 rings (SSSR count). The first kappa shape index (κ1) is 17.9. The maximum absolute atomic E-state index is 8.63. The van der Waals surface area contributed by atoms with Crippen molar-refractivity contribution >= 4 is 10.4 Å². The fraction of sp³-hybridized carbons (Fsp3) is 0. The number of hydrogen-bond acceptors (Lipinski definition) is 7. The van der Waals surface area contributed by atoms with Gasteiger partial charge in [0.25, 0.3) is 0 Å². The molecule has 0 saturated heterocycles. The smallest absolute Gasteiger partial charge is 0.726 e. The summed E-state index contributed by atoms with van der Waals surface area (Å²) in [5, 5.41) is 0. The van der Waals surface area contributed by atoms with E-state index < -0.39 is 20.6 Å². The summed E-state index contributed by atoms with van der Waals surface area (Å²) in [7, 11) is -9.61. The molecule has 0 bridgehead atoms. The van der Waals surface area contributed by atoms with Crippen LogP contribution in [0, 0.1) is 10.2 Å². The average Bonchev–Trinajstić information content (AvgIpc) is 1.12. The largest absolute Gasteiger partial charge is 1.00 e. The van der Waals surface area contributed by atoms with Crippen molar-refractivity contribution in [3.05, 3.63) is 0 Å². The quantitative estimate of drug-likeness (QED) is 0.230. The van der Waals surface area contributed by atoms with Crippen molar-refractivity contribution < 1.29 is 76.0 Å². The minimum atomic E-state index is -4.92. The Kier molecular flexibility index (Phi) is 10.6. The maximum Gasteiger partial charge on any atom is 1.00 e. The van der Waals surface area contributed by atoms with Gasteiger partial charge in [0.2, 0.25) is 10.4 Å². The van der Waals surface area contributed by atoms with E-state index in [0.717, 1.165) is 0 Å². The van der Waals surface area contributed by atoms with Gasteiger partial charge in [-0.25, -0.2) is 8.42 Å². The summed E-state index contributed by atoms with van der Waals surface area (Å²) in [6, 6.07) is 0. The zero-order valence-corrected chi connectivity index (χ0v) is 8.70. The minimum absolute atomic E-state index is 0. The molecule has 0 atom stereocenters. The van der Waals surface area contributed by atoms with Crippen molar-refractivity contribution in [1.82, 2.24) is 0 Å². The Balaban J connectivity index is -0.000000107. The van der Waals surface area contributed by atoms with E-state index in [1.54, 1.807) is 0 Å². The predicted molar refractivity (Wildman–Crippen MR) is 14.5 cm³/mol. The molecule has 0 aliphatic heterocycles. The normalized spacial score (nSPS) is 10.7. The molecule has 0 aromatic heterocycles. The van der Waals surface area contributed by atoms with Gasteiger partial charge in [-0.15, -0.1) is 0 Å². The van der Waals surface area contributed by atoms with E-state index in [1.807, 2.05) is 0 Å². The van der Waals surface area contributed by atoms with Crippen LogP contribution in [0.25, 0.3) is 0 Å². The SMILES string of the molecule is O=S(=O)([O-])O.[Na+].[O-][Cl+3]([O-])([O-])O.